The first-order valence-electron chi connectivity index (χ1n) is 8.67. The van der Waals surface area contributed by atoms with Crippen molar-refractivity contribution in [1.82, 2.24) is 25.4 Å². The van der Waals surface area contributed by atoms with Gasteiger partial charge in [-0.25, -0.2) is 4.98 Å². The summed E-state index contributed by atoms with van der Waals surface area (Å²) in [7, 11) is 0. The summed E-state index contributed by atoms with van der Waals surface area (Å²) in [6.45, 7) is 3.95. The van der Waals surface area contributed by atoms with Crippen LogP contribution in [0.1, 0.15) is 68.9 Å². The van der Waals surface area contributed by atoms with Crippen molar-refractivity contribution in [1.29, 1.82) is 0 Å². The molecule has 0 aromatic carbocycles. The minimum atomic E-state index is -0.0155. The Labute approximate surface area is 131 Å². The van der Waals surface area contributed by atoms with Crippen molar-refractivity contribution in [2.45, 2.75) is 69.4 Å². The highest BCUT2D eigenvalue weighted by Gasteiger charge is 2.33. The Morgan fingerprint density at radius 1 is 1.18 bits per heavy atom. The molecule has 3 aliphatic rings. The van der Waals surface area contributed by atoms with Gasteiger partial charge in [0.1, 0.15) is 5.82 Å². The predicted octanol–water partition coefficient (Wildman–Crippen LogP) is 1.53. The Morgan fingerprint density at radius 2 is 1.91 bits per heavy atom. The molecule has 1 atom stereocenters. The number of nitrogens with one attached hydrogen (secondary N) is 2. The number of hydrogen-bond acceptors (Lipinski definition) is 4. The second-order valence-corrected chi connectivity index (χ2v) is 7.12. The summed E-state index contributed by atoms with van der Waals surface area (Å²) in [5, 5.41) is 10.6. The minimum absolute atomic E-state index is 0.0155. The van der Waals surface area contributed by atoms with Gasteiger partial charge in [0.2, 0.25) is 5.91 Å². The molecule has 1 saturated heterocycles. The van der Waals surface area contributed by atoms with Crippen molar-refractivity contribution >= 4 is 5.91 Å². The fraction of sp³-hybridized carbons (Fsp3) is 0.812. The molecule has 2 saturated carbocycles. The number of aromatic nitrogens is 3. The molecule has 1 aromatic heterocycles. The lowest BCUT2D eigenvalue weighted by Crippen LogP contribution is -2.48. The molecule has 1 amide bonds. The standard InChI is InChI=1S/C16H25N5O/c1-10(16(22)17-13-4-5-13)21-8-6-12(7-9-21)15-18-14(19-20-15)11-2-3-11/h10-13H,2-9H2,1H3,(H,17,22)(H,18,19,20)/t10-/m0/s1. The van der Waals surface area contributed by atoms with Gasteiger partial charge in [-0.15, -0.1) is 0 Å². The van der Waals surface area contributed by atoms with E-state index in [4.69, 9.17) is 0 Å². The summed E-state index contributed by atoms with van der Waals surface area (Å²) in [5.74, 6) is 3.33. The Kier molecular flexibility index (Phi) is 3.64. The van der Waals surface area contributed by atoms with Crippen LogP contribution >= 0.6 is 0 Å². The van der Waals surface area contributed by atoms with Crippen LogP contribution in [0.25, 0.3) is 0 Å². The van der Waals surface area contributed by atoms with Gasteiger partial charge >= 0.3 is 0 Å². The van der Waals surface area contributed by atoms with Crippen molar-refractivity contribution in [2.24, 2.45) is 0 Å². The van der Waals surface area contributed by atoms with Crippen LogP contribution in [-0.4, -0.2) is 51.2 Å². The molecule has 0 spiro atoms. The molecule has 6 nitrogen and oxygen atoms in total. The number of amides is 1. The molecule has 3 fully saturated rings. The van der Waals surface area contributed by atoms with E-state index in [0.717, 1.165) is 50.4 Å². The maximum Gasteiger partial charge on any atom is 0.237 e. The molecule has 0 unspecified atom stereocenters. The SMILES string of the molecule is C[C@@H](C(=O)NC1CC1)N1CCC(c2nc(C3CC3)n[nH]2)CC1. The third-order valence-corrected chi connectivity index (χ3v) is 5.23. The zero-order chi connectivity index (χ0) is 15.1. The van der Waals surface area contributed by atoms with E-state index in [1.165, 1.54) is 12.8 Å². The van der Waals surface area contributed by atoms with Gasteiger partial charge in [-0.3, -0.25) is 14.8 Å². The van der Waals surface area contributed by atoms with E-state index in [9.17, 15) is 4.79 Å². The highest BCUT2D eigenvalue weighted by atomic mass is 16.2. The monoisotopic (exact) mass is 303 g/mol. The molecule has 2 aliphatic carbocycles. The van der Waals surface area contributed by atoms with Crippen LogP contribution in [0.3, 0.4) is 0 Å². The van der Waals surface area contributed by atoms with E-state index < -0.39 is 0 Å². The highest BCUT2D eigenvalue weighted by molar-refractivity contribution is 5.81. The zero-order valence-corrected chi connectivity index (χ0v) is 13.2. The molecule has 4 rings (SSSR count). The quantitative estimate of drug-likeness (QED) is 0.865. The molecule has 120 valence electrons. The number of piperidine rings is 1. The van der Waals surface area contributed by atoms with E-state index in [2.05, 4.69) is 25.4 Å². The molecule has 2 N–H and O–H groups in total. The number of aromatic amines is 1. The molecule has 0 radical (unpaired) electrons. The number of H-pyrrole nitrogens is 1. The summed E-state index contributed by atoms with van der Waals surface area (Å²) >= 11 is 0. The van der Waals surface area contributed by atoms with E-state index >= 15 is 0 Å². The first kappa shape index (κ1) is 14.2. The number of likely N-dealkylation sites (tertiary alicyclic amines) is 1. The topological polar surface area (TPSA) is 73.9 Å². The maximum absolute atomic E-state index is 12.1. The number of carbonyl (C=O) groups excluding carboxylic acids is 1. The average molecular weight is 303 g/mol. The molecule has 1 aliphatic heterocycles. The highest BCUT2D eigenvalue weighted by Crippen LogP contribution is 2.38. The minimum Gasteiger partial charge on any atom is -0.352 e. The van der Waals surface area contributed by atoms with Crippen LogP contribution in [-0.2, 0) is 4.79 Å². The average Bonchev–Trinajstić information content (AvgIpc) is 3.47. The second-order valence-electron chi connectivity index (χ2n) is 7.12. The Bertz CT molecular complexity index is 540. The lowest BCUT2D eigenvalue weighted by molar-refractivity contribution is -0.126. The van der Waals surface area contributed by atoms with Gasteiger partial charge in [-0.2, -0.15) is 5.10 Å². The van der Waals surface area contributed by atoms with Crippen molar-refractivity contribution in [3.63, 3.8) is 0 Å². The smallest absolute Gasteiger partial charge is 0.237 e. The summed E-state index contributed by atoms with van der Waals surface area (Å²) in [6.07, 6.45) is 6.89. The van der Waals surface area contributed by atoms with Crippen LogP contribution in [0, 0.1) is 0 Å². The summed E-state index contributed by atoms with van der Waals surface area (Å²) < 4.78 is 0. The maximum atomic E-state index is 12.1. The largest absolute Gasteiger partial charge is 0.352 e. The Hall–Kier alpha value is -1.43. The number of carbonyl (C=O) groups is 1. The van der Waals surface area contributed by atoms with Crippen molar-refractivity contribution in [3.8, 4) is 0 Å². The molecular weight excluding hydrogens is 278 g/mol. The third-order valence-electron chi connectivity index (χ3n) is 5.23. The Balaban J connectivity index is 1.30. The molecule has 2 heterocycles. The first-order valence-corrected chi connectivity index (χ1v) is 8.67. The molecule has 1 aromatic rings. The van der Waals surface area contributed by atoms with Crippen LogP contribution in [0.5, 0.6) is 0 Å². The second kappa shape index (κ2) is 5.65. The van der Waals surface area contributed by atoms with E-state index in [-0.39, 0.29) is 11.9 Å². The van der Waals surface area contributed by atoms with Gasteiger partial charge in [0, 0.05) is 17.9 Å². The summed E-state index contributed by atoms with van der Waals surface area (Å²) in [6, 6.07) is 0.431. The number of nitrogens with zero attached hydrogens (tertiary/aromatic N) is 3. The van der Waals surface area contributed by atoms with Gasteiger partial charge in [-0.1, -0.05) is 0 Å². The van der Waals surface area contributed by atoms with Gasteiger partial charge in [0.05, 0.1) is 6.04 Å². The van der Waals surface area contributed by atoms with Gasteiger partial charge in [-0.05, 0) is 58.5 Å². The fourth-order valence-electron chi connectivity index (χ4n) is 3.27. The van der Waals surface area contributed by atoms with Gasteiger partial charge < -0.3 is 5.32 Å². The van der Waals surface area contributed by atoms with Crippen molar-refractivity contribution in [3.05, 3.63) is 11.6 Å². The van der Waals surface area contributed by atoms with Gasteiger partial charge in [0.25, 0.3) is 0 Å². The lowest BCUT2D eigenvalue weighted by atomic mass is 9.95. The fourth-order valence-corrected chi connectivity index (χ4v) is 3.27. The Morgan fingerprint density at radius 3 is 2.55 bits per heavy atom. The van der Waals surface area contributed by atoms with Crippen LogP contribution in [0.4, 0.5) is 0 Å². The third kappa shape index (κ3) is 3.02. The van der Waals surface area contributed by atoms with Gasteiger partial charge in [0.15, 0.2) is 5.82 Å². The number of hydrogen-bond donors (Lipinski definition) is 2. The van der Waals surface area contributed by atoms with Crippen LogP contribution in [0.15, 0.2) is 0 Å². The normalized spacial score (nSPS) is 25.1. The summed E-state index contributed by atoms with van der Waals surface area (Å²) in [5.41, 5.74) is 0. The van der Waals surface area contributed by atoms with E-state index in [1.54, 1.807) is 0 Å². The van der Waals surface area contributed by atoms with Crippen molar-refractivity contribution in [2.75, 3.05) is 13.1 Å². The van der Waals surface area contributed by atoms with Crippen LogP contribution in [0.2, 0.25) is 0 Å². The zero-order valence-electron chi connectivity index (χ0n) is 13.2. The summed E-state index contributed by atoms with van der Waals surface area (Å²) in [4.78, 5) is 19.1. The van der Waals surface area contributed by atoms with E-state index in [0.29, 0.717) is 17.9 Å². The van der Waals surface area contributed by atoms with Crippen molar-refractivity contribution < 1.29 is 4.79 Å². The number of rotatable bonds is 5. The molecule has 0 bridgehead atoms. The lowest BCUT2D eigenvalue weighted by Gasteiger charge is -2.34. The molecule has 6 heteroatoms. The van der Waals surface area contributed by atoms with E-state index in [1.807, 2.05) is 6.92 Å². The first-order chi connectivity index (χ1) is 10.7. The predicted molar refractivity (Wildman–Crippen MR) is 82.5 cm³/mol. The molecule has 22 heavy (non-hydrogen) atoms. The molecular formula is C16H25N5O. The van der Waals surface area contributed by atoms with Crippen LogP contribution < -0.4 is 5.32 Å².